The predicted octanol–water partition coefficient (Wildman–Crippen LogP) is 8.83. The van der Waals surface area contributed by atoms with Crippen LogP contribution in [-0.2, 0) is 16.1 Å². The topological polar surface area (TPSA) is 125 Å². The molecule has 254 valence electrons. The van der Waals surface area contributed by atoms with Gasteiger partial charge in [-0.2, -0.15) is 0 Å². The Balaban J connectivity index is 1.08. The molecule has 3 heterocycles. The van der Waals surface area contributed by atoms with Crippen LogP contribution < -0.4 is 5.32 Å². The van der Waals surface area contributed by atoms with Gasteiger partial charge in [0.25, 0.3) is 0 Å². The van der Waals surface area contributed by atoms with Crippen molar-refractivity contribution in [3.8, 4) is 33.6 Å². The molecule has 2 atom stereocenters. The molecular weight excluding hydrogens is 616 g/mol. The van der Waals surface area contributed by atoms with Crippen LogP contribution in [0.1, 0.15) is 76.8 Å². The van der Waals surface area contributed by atoms with Gasteiger partial charge in [0.05, 0.1) is 35.9 Å². The van der Waals surface area contributed by atoms with E-state index in [1.807, 2.05) is 71.1 Å². The van der Waals surface area contributed by atoms with Crippen molar-refractivity contribution >= 4 is 12.2 Å². The standard InChI is InChI=1S/C39H44N6O4/c1-25(2)34(44-37(46)49-39(3,4)5)36-41-23-32(43-36)30-19-15-28(16-20-30)27-13-17-29(18-14-27)31-22-40-35(42-31)33-12-9-21-45(33)38(47)48-24-26-10-7-6-8-11-26/h6-8,10-11,13-20,22-23,25,33-34H,9,12,21,24H2,1-5H3,(H,40,42)(H,41,43)(H,44,46)/t33-,34-/m0/s1. The van der Waals surface area contributed by atoms with E-state index >= 15 is 0 Å². The molecule has 0 unspecified atom stereocenters. The van der Waals surface area contributed by atoms with Crippen molar-refractivity contribution in [1.29, 1.82) is 0 Å². The molecule has 10 heteroatoms. The number of rotatable bonds is 9. The maximum Gasteiger partial charge on any atom is 0.410 e. The van der Waals surface area contributed by atoms with Gasteiger partial charge < -0.3 is 24.8 Å². The van der Waals surface area contributed by atoms with E-state index < -0.39 is 11.7 Å². The van der Waals surface area contributed by atoms with Crippen molar-refractivity contribution in [3.63, 3.8) is 0 Å². The predicted molar refractivity (Wildman–Crippen MR) is 189 cm³/mol. The lowest BCUT2D eigenvalue weighted by molar-refractivity contribution is 0.0486. The van der Waals surface area contributed by atoms with Crippen LogP contribution in [0, 0.1) is 5.92 Å². The molecule has 6 rings (SSSR count). The molecule has 5 aromatic rings. The second-order valence-electron chi connectivity index (χ2n) is 13.8. The first-order valence-electron chi connectivity index (χ1n) is 16.8. The lowest BCUT2D eigenvalue weighted by Gasteiger charge is -2.24. The normalized spacial score (nSPS) is 15.3. The fourth-order valence-corrected chi connectivity index (χ4v) is 6.04. The van der Waals surface area contributed by atoms with Crippen molar-refractivity contribution in [2.24, 2.45) is 5.92 Å². The zero-order valence-corrected chi connectivity index (χ0v) is 28.7. The van der Waals surface area contributed by atoms with E-state index in [0.29, 0.717) is 12.4 Å². The van der Waals surface area contributed by atoms with Crippen LogP contribution in [-0.4, -0.2) is 49.2 Å². The van der Waals surface area contributed by atoms with Crippen LogP contribution >= 0.6 is 0 Å². The summed E-state index contributed by atoms with van der Waals surface area (Å²) in [5, 5.41) is 2.95. The molecule has 3 N–H and O–H groups in total. The molecule has 0 aliphatic carbocycles. The summed E-state index contributed by atoms with van der Waals surface area (Å²) < 4.78 is 11.1. The van der Waals surface area contributed by atoms with Crippen LogP contribution in [0.3, 0.4) is 0 Å². The highest BCUT2D eigenvalue weighted by molar-refractivity contribution is 5.72. The molecule has 1 saturated heterocycles. The minimum Gasteiger partial charge on any atom is -0.445 e. The van der Waals surface area contributed by atoms with E-state index in [-0.39, 0.29) is 30.7 Å². The number of hydrogen-bond donors (Lipinski definition) is 3. The summed E-state index contributed by atoms with van der Waals surface area (Å²) in [4.78, 5) is 43.2. The average molecular weight is 661 g/mol. The Bertz CT molecular complexity index is 1860. The molecule has 3 aromatic carbocycles. The smallest absolute Gasteiger partial charge is 0.410 e. The number of nitrogens with one attached hydrogen (secondary N) is 3. The van der Waals surface area contributed by atoms with Crippen LogP contribution in [0.5, 0.6) is 0 Å². The van der Waals surface area contributed by atoms with Gasteiger partial charge in [0.15, 0.2) is 0 Å². The number of aromatic nitrogens is 4. The molecule has 49 heavy (non-hydrogen) atoms. The third-order valence-corrected chi connectivity index (χ3v) is 8.56. The molecule has 1 aliphatic rings. The molecule has 10 nitrogen and oxygen atoms in total. The Kier molecular flexibility index (Phi) is 9.85. The highest BCUT2D eigenvalue weighted by Crippen LogP contribution is 2.33. The Morgan fingerprint density at radius 1 is 0.857 bits per heavy atom. The lowest BCUT2D eigenvalue weighted by atomic mass is 10.0. The van der Waals surface area contributed by atoms with Gasteiger partial charge >= 0.3 is 12.2 Å². The Hall–Kier alpha value is -5.38. The SMILES string of the molecule is CC(C)[C@H](NC(=O)OC(C)(C)C)c1ncc(-c2ccc(-c3ccc(-c4cnc([C@@H]5CCCN5C(=O)OCc5ccccc5)[nH]4)cc3)cc2)[nH]1. The number of amides is 2. The number of aromatic amines is 2. The molecular formula is C39H44N6O4. The first-order chi connectivity index (χ1) is 23.5. The number of ether oxygens (including phenoxy) is 2. The molecule has 2 amide bonds. The number of benzene rings is 3. The Morgan fingerprint density at radius 2 is 1.45 bits per heavy atom. The third kappa shape index (κ3) is 8.20. The van der Waals surface area contributed by atoms with E-state index in [9.17, 15) is 9.59 Å². The monoisotopic (exact) mass is 660 g/mol. The highest BCUT2D eigenvalue weighted by atomic mass is 16.6. The summed E-state index contributed by atoms with van der Waals surface area (Å²) in [5.74, 6) is 1.56. The highest BCUT2D eigenvalue weighted by Gasteiger charge is 2.33. The van der Waals surface area contributed by atoms with E-state index in [4.69, 9.17) is 9.47 Å². The van der Waals surface area contributed by atoms with Gasteiger partial charge in [-0.1, -0.05) is 92.7 Å². The summed E-state index contributed by atoms with van der Waals surface area (Å²) >= 11 is 0. The summed E-state index contributed by atoms with van der Waals surface area (Å²) in [7, 11) is 0. The van der Waals surface area contributed by atoms with Gasteiger partial charge in [0, 0.05) is 6.54 Å². The van der Waals surface area contributed by atoms with Gasteiger partial charge in [-0.15, -0.1) is 0 Å². The second kappa shape index (κ2) is 14.4. The van der Waals surface area contributed by atoms with Gasteiger partial charge in [-0.05, 0) is 67.3 Å². The maximum absolute atomic E-state index is 12.9. The van der Waals surface area contributed by atoms with Crippen LogP contribution in [0.4, 0.5) is 9.59 Å². The first-order valence-corrected chi connectivity index (χ1v) is 16.8. The van der Waals surface area contributed by atoms with Crippen molar-refractivity contribution in [1.82, 2.24) is 30.2 Å². The Morgan fingerprint density at radius 3 is 2.06 bits per heavy atom. The molecule has 0 spiro atoms. The summed E-state index contributed by atoms with van der Waals surface area (Å²) in [5.41, 5.74) is 6.33. The number of carbonyl (C=O) groups excluding carboxylic acids is 2. The van der Waals surface area contributed by atoms with Gasteiger partial charge in [-0.25, -0.2) is 19.6 Å². The van der Waals surface area contributed by atoms with E-state index in [2.05, 4.69) is 73.8 Å². The molecule has 2 aromatic heterocycles. The molecule has 0 saturated carbocycles. The second-order valence-corrected chi connectivity index (χ2v) is 13.8. The fraction of sp³-hybridized carbons (Fsp3) is 0.333. The van der Waals surface area contributed by atoms with Gasteiger partial charge in [-0.3, -0.25) is 4.90 Å². The maximum atomic E-state index is 12.9. The molecule has 0 radical (unpaired) electrons. The summed E-state index contributed by atoms with van der Waals surface area (Å²) in [6, 6.07) is 25.9. The molecule has 1 fully saturated rings. The minimum atomic E-state index is -0.579. The van der Waals surface area contributed by atoms with Crippen molar-refractivity contribution in [3.05, 3.63) is 108 Å². The van der Waals surface area contributed by atoms with Crippen molar-refractivity contribution in [2.45, 2.75) is 71.8 Å². The number of nitrogens with zero attached hydrogens (tertiary/aromatic N) is 3. The van der Waals surface area contributed by atoms with Crippen molar-refractivity contribution in [2.75, 3.05) is 6.54 Å². The van der Waals surface area contributed by atoms with Crippen LogP contribution in [0.15, 0.2) is 91.3 Å². The quantitative estimate of drug-likeness (QED) is 0.145. The first kappa shape index (κ1) is 33.5. The fourth-order valence-electron chi connectivity index (χ4n) is 6.04. The number of H-pyrrole nitrogens is 2. The number of hydrogen-bond acceptors (Lipinski definition) is 6. The lowest BCUT2D eigenvalue weighted by Crippen LogP contribution is -2.37. The summed E-state index contributed by atoms with van der Waals surface area (Å²) in [6.45, 7) is 10.5. The van der Waals surface area contributed by atoms with Gasteiger partial charge in [0.2, 0.25) is 0 Å². The number of likely N-dealkylation sites (tertiary alicyclic amines) is 1. The number of carbonyl (C=O) groups is 2. The zero-order valence-electron chi connectivity index (χ0n) is 28.7. The van der Waals surface area contributed by atoms with Gasteiger partial charge in [0.1, 0.15) is 23.9 Å². The zero-order chi connectivity index (χ0) is 34.5. The number of alkyl carbamates (subject to hydrolysis) is 1. The number of imidazole rings is 2. The average Bonchev–Trinajstić information content (AvgIpc) is 3.87. The molecule has 0 bridgehead atoms. The van der Waals surface area contributed by atoms with Crippen LogP contribution in [0.25, 0.3) is 33.6 Å². The Labute approximate surface area is 287 Å². The molecule has 1 aliphatic heterocycles. The largest absolute Gasteiger partial charge is 0.445 e. The van der Waals surface area contributed by atoms with E-state index in [1.165, 1.54) is 0 Å². The minimum absolute atomic E-state index is 0.108. The summed E-state index contributed by atoms with van der Waals surface area (Å²) in [6.07, 6.45) is 4.58. The third-order valence-electron chi connectivity index (χ3n) is 8.56. The van der Waals surface area contributed by atoms with E-state index in [0.717, 1.165) is 57.9 Å². The van der Waals surface area contributed by atoms with Crippen LogP contribution in [0.2, 0.25) is 0 Å². The van der Waals surface area contributed by atoms with E-state index in [1.54, 1.807) is 11.1 Å². The van der Waals surface area contributed by atoms with Crippen molar-refractivity contribution < 1.29 is 19.1 Å².